The molecule has 0 aliphatic heterocycles. The minimum absolute atomic E-state index is 0.257. The van der Waals surface area contributed by atoms with Crippen LogP contribution in [0.3, 0.4) is 0 Å². The summed E-state index contributed by atoms with van der Waals surface area (Å²) in [4.78, 5) is 4.09. The average molecular weight is 297 g/mol. The summed E-state index contributed by atoms with van der Waals surface area (Å²) in [5.41, 5.74) is 2.10. The summed E-state index contributed by atoms with van der Waals surface area (Å²) in [5.74, 6) is 0. The fourth-order valence-electron chi connectivity index (χ4n) is 1.75. The van der Waals surface area contributed by atoms with E-state index in [1.807, 2.05) is 13.0 Å². The van der Waals surface area contributed by atoms with Crippen LogP contribution < -0.4 is 4.72 Å². The lowest BCUT2D eigenvalue weighted by Crippen LogP contribution is -2.14. The van der Waals surface area contributed by atoms with E-state index in [0.717, 1.165) is 5.56 Å². The Hall–Kier alpha value is -1.59. The number of pyridine rings is 1. The van der Waals surface area contributed by atoms with Crippen LogP contribution >= 0.6 is 11.6 Å². The SMILES string of the molecule is Cc1ccc(S(=O)(=O)Nc2ccc(Cl)nc2)c(C)c1. The summed E-state index contributed by atoms with van der Waals surface area (Å²) < 4.78 is 27.0. The van der Waals surface area contributed by atoms with E-state index in [1.165, 1.54) is 12.3 Å². The molecular weight excluding hydrogens is 284 g/mol. The van der Waals surface area contributed by atoms with Gasteiger partial charge in [0.15, 0.2) is 0 Å². The van der Waals surface area contributed by atoms with Gasteiger partial charge in [-0.05, 0) is 37.6 Å². The minimum atomic E-state index is -3.61. The van der Waals surface area contributed by atoms with E-state index in [0.29, 0.717) is 16.4 Å². The van der Waals surface area contributed by atoms with Crippen LogP contribution in [-0.4, -0.2) is 13.4 Å². The number of hydrogen-bond donors (Lipinski definition) is 1. The monoisotopic (exact) mass is 296 g/mol. The summed E-state index contributed by atoms with van der Waals surface area (Å²) >= 11 is 5.65. The number of sulfonamides is 1. The molecule has 0 spiro atoms. The summed E-state index contributed by atoms with van der Waals surface area (Å²) in [6.07, 6.45) is 1.38. The minimum Gasteiger partial charge on any atom is -0.278 e. The lowest BCUT2D eigenvalue weighted by Gasteiger charge is -2.10. The topological polar surface area (TPSA) is 59.1 Å². The molecule has 0 saturated heterocycles. The fraction of sp³-hybridized carbons (Fsp3) is 0.154. The largest absolute Gasteiger partial charge is 0.278 e. The van der Waals surface area contributed by atoms with Crippen LogP contribution in [0.5, 0.6) is 0 Å². The first-order valence-corrected chi connectivity index (χ1v) is 7.46. The van der Waals surface area contributed by atoms with Gasteiger partial charge in [0.1, 0.15) is 5.15 Å². The molecule has 0 atom stereocenters. The second kappa shape index (κ2) is 5.19. The van der Waals surface area contributed by atoms with Crippen molar-refractivity contribution in [2.45, 2.75) is 18.7 Å². The number of benzene rings is 1. The van der Waals surface area contributed by atoms with E-state index in [9.17, 15) is 8.42 Å². The van der Waals surface area contributed by atoms with Crippen molar-refractivity contribution < 1.29 is 8.42 Å². The quantitative estimate of drug-likeness (QED) is 0.885. The first-order chi connectivity index (χ1) is 8.88. The van der Waals surface area contributed by atoms with Crippen LogP contribution in [0.2, 0.25) is 5.15 Å². The van der Waals surface area contributed by atoms with Crippen molar-refractivity contribution in [1.82, 2.24) is 4.98 Å². The highest BCUT2D eigenvalue weighted by atomic mass is 35.5. The first-order valence-electron chi connectivity index (χ1n) is 5.60. The zero-order valence-electron chi connectivity index (χ0n) is 10.5. The van der Waals surface area contributed by atoms with Gasteiger partial charge in [-0.2, -0.15) is 0 Å². The molecule has 0 fully saturated rings. The predicted molar refractivity (Wildman–Crippen MR) is 76.0 cm³/mol. The molecule has 6 heteroatoms. The van der Waals surface area contributed by atoms with Crippen LogP contribution in [-0.2, 0) is 10.0 Å². The predicted octanol–water partition coefficient (Wildman–Crippen LogP) is 3.15. The molecule has 0 aliphatic carbocycles. The van der Waals surface area contributed by atoms with Crippen molar-refractivity contribution in [3.8, 4) is 0 Å². The Labute approximate surface area is 117 Å². The molecule has 1 N–H and O–H groups in total. The Morgan fingerprint density at radius 1 is 1.16 bits per heavy atom. The van der Waals surface area contributed by atoms with Crippen molar-refractivity contribution in [2.24, 2.45) is 0 Å². The maximum absolute atomic E-state index is 12.2. The molecule has 1 aromatic carbocycles. The van der Waals surface area contributed by atoms with E-state index in [-0.39, 0.29) is 4.90 Å². The van der Waals surface area contributed by atoms with Crippen molar-refractivity contribution in [1.29, 1.82) is 0 Å². The Morgan fingerprint density at radius 2 is 1.89 bits per heavy atom. The number of rotatable bonds is 3. The maximum Gasteiger partial charge on any atom is 0.262 e. The maximum atomic E-state index is 12.2. The highest BCUT2D eigenvalue weighted by molar-refractivity contribution is 7.92. The van der Waals surface area contributed by atoms with Gasteiger partial charge in [0, 0.05) is 0 Å². The number of nitrogens with one attached hydrogen (secondary N) is 1. The van der Waals surface area contributed by atoms with Crippen molar-refractivity contribution in [3.05, 3.63) is 52.8 Å². The molecule has 1 heterocycles. The number of halogens is 1. The summed E-state index contributed by atoms with van der Waals surface area (Å²) in [7, 11) is -3.61. The highest BCUT2D eigenvalue weighted by Gasteiger charge is 2.16. The summed E-state index contributed by atoms with van der Waals surface area (Å²) in [5, 5.41) is 0.314. The lowest BCUT2D eigenvalue weighted by atomic mass is 10.2. The summed E-state index contributed by atoms with van der Waals surface area (Å²) in [6, 6.07) is 8.28. The molecule has 0 amide bonds. The molecule has 100 valence electrons. The van der Waals surface area contributed by atoms with Crippen molar-refractivity contribution in [3.63, 3.8) is 0 Å². The van der Waals surface area contributed by atoms with Gasteiger partial charge in [-0.3, -0.25) is 4.72 Å². The zero-order valence-corrected chi connectivity index (χ0v) is 12.1. The molecule has 19 heavy (non-hydrogen) atoms. The zero-order chi connectivity index (χ0) is 14.0. The molecule has 4 nitrogen and oxygen atoms in total. The van der Waals surface area contributed by atoms with Gasteiger partial charge in [-0.15, -0.1) is 0 Å². The number of aryl methyl sites for hydroxylation is 2. The van der Waals surface area contributed by atoms with Crippen LogP contribution in [0, 0.1) is 13.8 Å². The van der Waals surface area contributed by atoms with Gasteiger partial charge in [0.05, 0.1) is 16.8 Å². The Bertz CT molecular complexity index is 697. The number of anilines is 1. The molecule has 0 radical (unpaired) electrons. The molecule has 0 aliphatic rings. The highest BCUT2D eigenvalue weighted by Crippen LogP contribution is 2.20. The van der Waals surface area contributed by atoms with E-state index in [4.69, 9.17) is 11.6 Å². The third-order valence-electron chi connectivity index (χ3n) is 2.60. The van der Waals surface area contributed by atoms with Gasteiger partial charge in [0.25, 0.3) is 10.0 Å². The third-order valence-corrected chi connectivity index (χ3v) is 4.36. The second-order valence-electron chi connectivity index (χ2n) is 4.24. The molecule has 2 aromatic rings. The van der Waals surface area contributed by atoms with Crippen molar-refractivity contribution in [2.75, 3.05) is 4.72 Å². The van der Waals surface area contributed by atoms with E-state index in [1.54, 1.807) is 25.1 Å². The van der Waals surface area contributed by atoms with Gasteiger partial charge in [-0.25, -0.2) is 13.4 Å². The normalized spacial score (nSPS) is 11.3. The van der Waals surface area contributed by atoms with Crippen LogP contribution in [0.4, 0.5) is 5.69 Å². The molecule has 1 aromatic heterocycles. The summed E-state index contributed by atoms with van der Waals surface area (Å²) in [6.45, 7) is 3.68. The van der Waals surface area contributed by atoms with Crippen LogP contribution in [0.1, 0.15) is 11.1 Å². The van der Waals surface area contributed by atoms with E-state index < -0.39 is 10.0 Å². The van der Waals surface area contributed by atoms with Gasteiger partial charge >= 0.3 is 0 Å². The fourth-order valence-corrected chi connectivity index (χ4v) is 3.13. The van der Waals surface area contributed by atoms with Gasteiger partial charge in [-0.1, -0.05) is 29.3 Å². The van der Waals surface area contributed by atoms with Crippen molar-refractivity contribution >= 4 is 27.3 Å². The lowest BCUT2D eigenvalue weighted by molar-refractivity contribution is 0.600. The molecule has 0 saturated carbocycles. The van der Waals surface area contributed by atoms with Crippen LogP contribution in [0.25, 0.3) is 0 Å². The number of nitrogens with zero attached hydrogens (tertiary/aromatic N) is 1. The molecular formula is C13H13ClN2O2S. The standard InChI is InChI=1S/C13H13ClN2O2S/c1-9-3-5-12(10(2)7-9)19(17,18)16-11-4-6-13(14)15-8-11/h3-8,16H,1-2H3. The number of aromatic nitrogens is 1. The third kappa shape index (κ3) is 3.24. The van der Waals surface area contributed by atoms with Crippen LogP contribution in [0.15, 0.2) is 41.4 Å². The molecule has 2 rings (SSSR count). The first kappa shape index (κ1) is 13.8. The van der Waals surface area contributed by atoms with Gasteiger partial charge < -0.3 is 0 Å². The van der Waals surface area contributed by atoms with Gasteiger partial charge in [0.2, 0.25) is 0 Å². The van der Waals surface area contributed by atoms with E-state index >= 15 is 0 Å². The Morgan fingerprint density at radius 3 is 2.47 bits per heavy atom. The Kier molecular flexibility index (Phi) is 3.78. The average Bonchev–Trinajstić information content (AvgIpc) is 2.31. The Balaban J connectivity index is 2.35. The smallest absolute Gasteiger partial charge is 0.262 e. The number of hydrogen-bond acceptors (Lipinski definition) is 3. The molecule has 0 bridgehead atoms. The van der Waals surface area contributed by atoms with E-state index in [2.05, 4.69) is 9.71 Å². The second-order valence-corrected chi connectivity index (χ2v) is 6.28. The molecule has 0 unspecified atom stereocenters.